The molecule has 1 aromatic rings. The summed E-state index contributed by atoms with van der Waals surface area (Å²) in [5.41, 5.74) is 0.948. The van der Waals surface area contributed by atoms with Gasteiger partial charge in [0.15, 0.2) is 0 Å². The van der Waals surface area contributed by atoms with E-state index in [4.69, 9.17) is 5.11 Å². The van der Waals surface area contributed by atoms with Gasteiger partial charge in [-0.05, 0) is 20.8 Å². The van der Waals surface area contributed by atoms with E-state index >= 15 is 0 Å². The lowest BCUT2D eigenvalue weighted by atomic mass is 10.1. The van der Waals surface area contributed by atoms with Gasteiger partial charge in [-0.15, -0.1) is 0 Å². The predicted molar refractivity (Wildman–Crippen MR) is 77.6 cm³/mol. The highest BCUT2D eigenvalue weighted by Crippen LogP contribution is 2.15. The molecule has 0 aliphatic carbocycles. The number of nitrogens with zero attached hydrogens (tertiary/aromatic N) is 4. The van der Waals surface area contributed by atoms with Crippen LogP contribution in [0.15, 0.2) is 6.20 Å². The highest BCUT2D eigenvalue weighted by molar-refractivity contribution is 5.33. The van der Waals surface area contributed by atoms with E-state index in [1.165, 1.54) is 0 Å². The van der Waals surface area contributed by atoms with Gasteiger partial charge in [0.25, 0.3) is 0 Å². The minimum absolute atomic E-state index is 0.0223. The number of aryl methyl sites for hydroxylation is 1. The Kier molecular flexibility index (Phi) is 4.57. The van der Waals surface area contributed by atoms with Crippen molar-refractivity contribution in [2.45, 2.75) is 33.0 Å². The molecule has 0 unspecified atom stereocenters. The molecule has 2 rings (SSSR count). The predicted octanol–water partition coefficient (Wildman–Crippen LogP) is 0.170. The van der Waals surface area contributed by atoms with Gasteiger partial charge in [0.2, 0.25) is 5.95 Å². The summed E-state index contributed by atoms with van der Waals surface area (Å²) >= 11 is 0. The van der Waals surface area contributed by atoms with Crippen LogP contribution in [-0.2, 0) is 6.61 Å². The fraction of sp³-hybridized carbons (Fsp3) is 0.714. The summed E-state index contributed by atoms with van der Waals surface area (Å²) in [4.78, 5) is 13.2. The van der Waals surface area contributed by atoms with Crippen LogP contribution in [-0.4, -0.2) is 63.4 Å². The third-order valence-corrected chi connectivity index (χ3v) is 3.50. The van der Waals surface area contributed by atoms with E-state index in [9.17, 15) is 5.11 Å². The lowest BCUT2D eigenvalue weighted by Crippen LogP contribution is -2.51. The van der Waals surface area contributed by atoms with Crippen LogP contribution in [0.2, 0.25) is 0 Å². The van der Waals surface area contributed by atoms with Crippen molar-refractivity contribution < 1.29 is 10.2 Å². The Morgan fingerprint density at radius 2 is 1.90 bits per heavy atom. The third-order valence-electron chi connectivity index (χ3n) is 3.50. The van der Waals surface area contributed by atoms with Gasteiger partial charge in [-0.25, -0.2) is 9.97 Å². The van der Waals surface area contributed by atoms with Gasteiger partial charge in [0.1, 0.15) is 0 Å². The maximum Gasteiger partial charge on any atom is 0.225 e. The summed E-state index contributed by atoms with van der Waals surface area (Å²) < 4.78 is 0. The van der Waals surface area contributed by atoms with Gasteiger partial charge in [0.05, 0.1) is 12.2 Å². The molecule has 1 aliphatic heterocycles. The zero-order chi connectivity index (χ0) is 14.8. The molecule has 20 heavy (non-hydrogen) atoms. The van der Waals surface area contributed by atoms with Crippen molar-refractivity contribution in [2.75, 3.05) is 37.6 Å². The maximum absolute atomic E-state index is 9.84. The second-order valence-corrected chi connectivity index (χ2v) is 6.01. The van der Waals surface area contributed by atoms with Crippen molar-refractivity contribution in [1.82, 2.24) is 14.9 Å². The van der Waals surface area contributed by atoms with Gasteiger partial charge in [-0.3, -0.25) is 4.90 Å². The smallest absolute Gasteiger partial charge is 0.225 e. The van der Waals surface area contributed by atoms with Crippen LogP contribution >= 0.6 is 0 Å². The first kappa shape index (κ1) is 15.2. The van der Waals surface area contributed by atoms with Crippen molar-refractivity contribution in [3.63, 3.8) is 0 Å². The molecule has 6 heteroatoms. The fourth-order valence-corrected chi connectivity index (χ4v) is 2.44. The topological polar surface area (TPSA) is 72.7 Å². The zero-order valence-electron chi connectivity index (χ0n) is 12.5. The first-order chi connectivity index (χ1) is 9.39. The molecule has 0 spiro atoms. The Labute approximate surface area is 120 Å². The Morgan fingerprint density at radius 3 is 2.40 bits per heavy atom. The average Bonchev–Trinajstić information content (AvgIpc) is 2.37. The number of hydrogen-bond donors (Lipinski definition) is 2. The number of β-amino-alcohol motifs (C(OH)–C–C–N with tert-alkyl or cyclic N) is 1. The van der Waals surface area contributed by atoms with Crippen LogP contribution < -0.4 is 4.90 Å². The van der Waals surface area contributed by atoms with Crippen LogP contribution in [0, 0.1) is 6.92 Å². The quantitative estimate of drug-likeness (QED) is 0.819. The van der Waals surface area contributed by atoms with Crippen LogP contribution in [0.25, 0.3) is 0 Å². The van der Waals surface area contributed by atoms with Crippen molar-refractivity contribution in [3.8, 4) is 0 Å². The highest BCUT2D eigenvalue weighted by atomic mass is 16.3. The molecule has 6 nitrogen and oxygen atoms in total. The van der Waals surface area contributed by atoms with Crippen molar-refractivity contribution in [3.05, 3.63) is 17.5 Å². The summed E-state index contributed by atoms with van der Waals surface area (Å²) in [6.07, 6.45) is 1.70. The number of piperazine rings is 1. The Morgan fingerprint density at radius 1 is 1.25 bits per heavy atom. The SMILES string of the molecule is Cc1nc(N2CCN(CC(C)(C)O)CC2)ncc1CO. The summed E-state index contributed by atoms with van der Waals surface area (Å²) in [5, 5.41) is 19.0. The number of aliphatic hydroxyl groups is 2. The molecule has 2 heterocycles. The lowest BCUT2D eigenvalue weighted by molar-refractivity contribution is 0.0344. The number of aromatic nitrogens is 2. The third kappa shape index (κ3) is 3.88. The Hall–Kier alpha value is -1.24. The molecule has 1 aliphatic rings. The molecule has 0 bridgehead atoms. The molecule has 0 atom stereocenters. The molecular weight excluding hydrogens is 256 g/mol. The van der Waals surface area contributed by atoms with E-state index in [0.29, 0.717) is 6.54 Å². The van der Waals surface area contributed by atoms with Gasteiger partial charge >= 0.3 is 0 Å². The Balaban J connectivity index is 1.95. The van der Waals surface area contributed by atoms with Crippen molar-refractivity contribution in [2.24, 2.45) is 0 Å². The number of aliphatic hydroxyl groups excluding tert-OH is 1. The first-order valence-corrected chi connectivity index (χ1v) is 7.02. The van der Waals surface area contributed by atoms with Crippen LogP contribution in [0.3, 0.4) is 0 Å². The molecular formula is C14H24N4O2. The maximum atomic E-state index is 9.84. The number of anilines is 1. The molecule has 1 aromatic heterocycles. The fourth-order valence-electron chi connectivity index (χ4n) is 2.44. The monoisotopic (exact) mass is 280 g/mol. The summed E-state index contributed by atoms with van der Waals surface area (Å²) in [5.74, 6) is 0.725. The van der Waals surface area contributed by atoms with Gasteiger partial charge < -0.3 is 15.1 Å². The van der Waals surface area contributed by atoms with Gasteiger partial charge in [-0.2, -0.15) is 0 Å². The second kappa shape index (κ2) is 6.03. The van der Waals surface area contributed by atoms with Crippen LogP contribution in [0.4, 0.5) is 5.95 Å². The molecule has 112 valence electrons. The zero-order valence-corrected chi connectivity index (χ0v) is 12.5. The minimum Gasteiger partial charge on any atom is -0.392 e. The summed E-state index contributed by atoms with van der Waals surface area (Å²) in [6, 6.07) is 0. The normalized spacial score (nSPS) is 17.6. The summed E-state index contributed by atoms with van der Waals surface area (Å²) in [6.45, 7) is 9.72. The molecule has 1 saturated heterocycles. The second-order valence-electron chi connectivity index (χ2n) is 6.01. The first-order valence-electron chi connectivity index (χ1n) is 7.02. The van der Waals surface area contributed by atoms with E-state index < -0.39 is 5.60 Å². The van der Waals surface area contributed by atoms with E-state index in [-0.39, 0.29) is 6.61 Å². The molecule has 0 amide bonds. The molecule has 0 radical (unpaired) electrons. The van der Waals surface area contributed by atoms with E-state index in [0.717, 1.165) is 43.4 Å². The number of hydrogen-bond acceptors (Lipinski definition) is 6. The highest BCUT2D eigenvalue weighted by Gasteiger charge is 2.23. The van der Waals surface area contributed by atoms with E-state index in [1.54, 1.807) is 6.20 Å². The van der Waals surface area contributed by atoms with Crippen molar-refractivity contribution >= 4 is 5.95 Å². The van der Waals surface area contributed by atoms with E-state index in [2.05, 4.69) is 19.8 Å². The summed E-state index contributed by atoms with van der Waals surface area (Å²) in [7, 11) is 0. The van der Waals surface area contributed by atoms with Crippen LogP contribution in [0.1, 0.15) is 25.1 Å². The van der Waals surface area contributed by atoms with Gasteiger partial charge in [0, 0.05) is 50.2 Å². The average molecular weight is 280 g/mol. The minimum atomic E-state index is -0.655. The van der Waals surface area contributed by atoms with E-state index in [1.807, 2.05) is 20.8 Å². The van der Waals surface area contributed by atoms with Crippen LogP contribution in [0.5, 0.6) is 0 Å². The molecule has 0 saturated carbocycles. The lowest BCUT2D eigenvalue weighted by Gasteiger charge is -2.37. The number of rotatable bonds is 4. The Bertz CT molecular complexity index is 451. The van der Waals surface area contributed by atoms with Crippen molar-refractivity contribution in [1.29, 1.82) is 0 Å². The molecule has 0 aromatic carbocycles. The molecule has 1 fully saturated rings. The van der Waals surface area contributed by atoms with Gasteiger partial charge in [-0.1, -0.05) is 0 Å². The molecule has 2 N–H and O–H groups in total. The largest absolute Gasteiger partial charge is 0.392 e. The standard InChI is InChI=1S/C14H24N4O2/c1-11-12(9-19)8-15-13(16-11)18-6-4-17(5-7-18)10-14(2,3)20/h8,19-20H,4-7,9-10H2,1-3H3.